The molecule has 7 nitrogen and oxygen atoms in total. The van der Waals surface area contributed by atoms with Gasteiger partial charge in [-0.2, -0.15) is 10.1 Å². The molecule has 1 aromatic heterocycles. The minimum Gasteiger partial charge on any atom is -0.495 e. The van der Waals surface area contributed by atoms with Crippen LogP contribution in [-0.4, -0.2) is 48.5 Å². The van der Waals surface area contributed by atoms with Gasteiger partial charge in [-0.25, -0.2) is 0 Å². The van der Waals surface area contributed by atoms with E-state index in [1.165, 1.54) is 0 Å². The molecule has 150 valence electrons. The van der Waals surface area contributed by atoms with Crippen LogP contribution in [0.2, 0.25) is 0 Å². The molecule has 4 rings (SSSR count). The van der Waals surface area contributed by atoms with Crippen LogP contribution < -0.4 is 19.9 Å². The topological polar surface area (TPSA) is 66.4 Å². The molecule has 29 heavy (non-hydrogen) atoms. The molecule has 1 fully saturated rings. The molecular weight excluding hydrogens is 364 g/mol. The maximum Gasteiger partial charge on any atom is 0.249 e. The highest BCUT2D eigenvalue weighted by Crippen LogP contribution is 2.29. The SMILES string of the molecule is COc1ccccc1N1CCN(c2cnnc(Nc3c(C)cccc3C)n2)CC1. The van der Waals surface area contributed by atoms with Gasteiger partial charge in [0.2, 0.25) is 5.95 Å². The predicted octanol–water partition coefficient (Wildman–Crippen LogP) is 3.57. The minimum atomic E-state index is 0.520. The van der Waals surface area contributed by atoms with Gasteiger partial charge in [0.15, 0.2) is 5.82 Å². The van der Waals surface area contributed by atoms with Crippen molar-refractivity contribution in [1.29, 1.82) is 0 Å². The van der Waals surface area contributed by atoms with Crippen LogP contribution in [0.1, 0.15) is 11.1 Å². The lowest BCUT2D eigenvalue weighted by molar-refractivity contribution is 0.413. The summed E-state index contributed by atoms with van der Waals surface area (Å²) in [5.41, 5.74) is 4.48. The average Bonchev–Trinajstić information content (AvgIpc) is 2.77. The number of para-hydroxylation sites is 3. The fraction of sp³-hybridized carbons (Fsp3) is 0.318. The van der Waals surface area contributed by atoms with Gasteiger partial charge in [-0.3, -0.25) is 0 Å². The summed E-state index contributed by atoms with van der Waals surface area (Å²) in [4.78, 5) is 9.30. The van der Waals surface area contributed by atoms with E-state index in [0.29, 0.717) is 5.95 Å². The third kappa shape index (κ3) is 4.08. The Bertz CT molecular complexity index is 964. The van der Waals surface area contributed by atoms with Gasteiger partial charge in [0.1, 0.15) is 5.75 Å². The van der Waals surface area contributed by atoms with Crippen LogP contribution in [0.15, 0.2) is 48.7 Å². The maximum absolute atomic E-state index is 5.51. The van der Waals surface area contributed by atoms with E-state index < -0.39 is 0 Å². The molecule has 1 aliphatic heterocycles. The zero-order valence-electron chi connectivity index (χ0n) is 17.1. The molecule has 2 aromatic carbocycles. The molecule has 3 aromatic rings. The summed E-state index contributed by atoms with van der Waals surface area (Å²) in [5.74, 6) is 2.27. The first kappa shape index (κ1) is 19.0. The van der Waals surface area contributed by atoms with Gasteiger partial charge in [0.05, 0.1) is 19.0 Å². The summed E-state index contributed by atoms with van der Waals surface area (Å²) in [5, 5.41) is 11.7. The first-order valence-electron chi connectivity index (χ1n) is 9.81. The third-order valence-corrected chi connectivity index (χ3v) is 5.29. The van der Waals surface area contributed by atoms with Crippen molar-refractivity contribution in [2.45, 2.75) is 13.8 Å². The van der Waals surface area contributed by atoms with Gasteiger partial charge < -0.3 is 19.9 Å². The molecule has 1 N–H and O–H groups in total. The third-order valence-electron chi connectivity index (χ3n) is 5.29. The second-order valence-electron chi connectivity index (χ2n) is 7.18. The number of aryl methyl sites for hydroxylation is 2. The number of ether oxygens (including phenoxy) is 1. The van der Waals surface area contributed by atoms with Gasteiger partial charge in [-0.1, -0.05) is 30.3 Å². The van der Waals surface area contributed by atoms with Gasteiger partial charge in [-0.15, -0.1) is 5.10 Å². The second-order valence-corrected chi connectivity index (χ2v) is 7.18. The first-order valence-corrected chi connectivity index (χ1v) is 9.81. The van der Waals surface area contributed by atoms with Crippen molar-refractivity contribution >= 4 is 23.1 Å². The minimum absolute atomic E-state index is 0.520. The highest BCUT2D eigenvalue weighted by molar-refractivity contribution is 5.63. The van der Waals surface area contributed by atoms with Crippen LogP contribution in [0.5, 0.6) is 5.75 Å². The lowest BCUT2D eigenvalue weighted by Crippen LogP contribution is -2.47. The highest BCUT2D eigenvalue weighted by Gasteiger charge is 2.21. The van der Waals surface area contributed by atoms with E-state index in [2.05, 4.69) is 57.4 Å². The molecule has 0 atom stereocenters. The van der Waals surface area contributed by atoms with Crippen molar-refractivity contribution in [2.75, 3.05) is 48.4 Å². The highest BCUT2D eigenvalue weighted by atomic mass is 16.5. The fourth-order valence-corrected chi connectivity index (χ4v) is 3.69. The molecule has 0 saturated carbocycles. The number of hydrogen-bond donors (Lipinski definition) is 1. The standard InChI is InChI=1S/C22H26N6O/c1-16-7-6-8-17(2)21(16)25-22-24-20(15-23-26-22)28-13-11-27(12-14-28)18-9-4-5-10-19(18)29-3/h4-10,15H,11-14H2,1-3H3,(H,24,25,26). The molecule has 0 spiro atoms. The van der Waals surface area contributed by atoms with Crippen molar-refractivity contribution in [3.8, 4) is 5.75 Å². The molecule has 1 saturated heterocycles. The van der Waals surface area contributed by atoms with Crippen LogP contribution in [-0.2, 0) is 0 Å². The van der Waals surface area contributed by atoms with Crippen LogP contribution in [0, 0.1) is 13.8 Å². The second kappa shape index (κ2) is 8.34. The van der Waals surface area contributed by atoms with Crippen molar-refractivity contribution < 1.29 is 4.74 Å². The number of anilines is 4. The van der Waals surface area contributed by atoms with Crippen molar-refractivity contribution in [3.05, 3.63) is 59.8 Å². The summed E-state index contributed by atoms with van der Waals surface area (Å²) >= 11 is 0. The summed E-state index contributed by atoms with van der Waals surface area (Å²) in [6.07, 6.45) is 1.73. The zero-order chi connectivity index (χ0) is 20.2. The number of piperazine rings is 1. The smallest absolute Gasteiger partial charge is 0.249 e. The molecule has 2 heterocycles. The largest absolute Gasteiger partial charge is 0.495 e. The molecule has 1 aliphatic rings. The number of aromatic nitrogens is 3. The monoisotopic (exact) mass is 390 g/mol. The number of benzene rings is 2. The van der Waals surface area contributed by atoms with Crippen LogP contribution in [0.3, 0.4) is 0 Å². The van der Waals surface area contributed by atoms with E-state index in [1.807, 2.05) is 24.3 Å². The lowest BCUT2D eigenvalue weighted by Gasteiger charge is -2.37. The lowest BCUT2D eigenvalue weighted by atomic mass is 10.1. The Balaban J connectivity index is 1.46. The average molecular weight is 390 g/mol. The maximum atomic E-state index is 5.51. The van der Waals surface area contributed by atoms with Crippen molar-refractivity contribution in [2.24, 2.45) is 0 Å². The van der Waals surface area contributed by atoms with Gasteiger partial charge in [0, 0.05) is 31.9 Å². The number of nitrogens with zero attached hydrogens (tertiary/aromatic N) is 5. The molecule has 0 radical (unpaired) electrons. The zero-order valence-corrected chi connectivity index (χ0v) is 17.1. The predicted molar refractivity (Wildman–Crippen MR) is 116 cm³/mol. The van der Waals surface area contributed by atoms with E-state index in [0.717, 1.165) is 60.2 Å². The quantitative estimate of drug-likeness (QED) is 0.714. The van der Waals surface area contributed by atoms with E-state index in [4.69, 9.17) is 9.72 Å². The van der Waals surface area contributed by atoms with E-state index >= 15 is 0 Å². The Hall–Kier alpha value is -3.35. The first-order chi connectivity index (χ1) is 14.2. The number of nitrogens with one attached hydrogen (secondary N) is 1. The Labute approximate surface area is 171 Å². The number of methoxy groups -OCH3 is 1. The normalized spacial score (nSPS) is 14.0. The summed E-state index contributed by atoms with van der Waals surface area (Å²) in [7, 11) is 1.71. The summed E-state index contributed by atoms with van der Waals surface area (Å²) in [6.45, 7) is 7.65. The Kier molecular flexibility index (Phi) is 5.46. The molecule has 7 heteroatoms. The molecule has 0 unspecified atom stereocenters. The Morgan fingerprint density at radius 1 is 0.897 bits per heavy atom. The van der Waals surface area contributed by atoms with Gasteiger partial charge >= 0.3 is 0 Å². The van der Waals surface area contributed by atoms with Gasteiger partial charge in [-0.05, 0) is 37.1 Å². The van der Waals surface area contributed by atoms with E-state index in [1.54, 1.807) is 13.3 Å². The molecule has 0 bridgehead atoms. The number of rotatable bonds is 5. The van der Waals surface area contributed by atoms with Crippen LogP contribution >= 0.6 is 0 Å². The fourth-order valence-electron chi connectivity index (χ4n) is 3.69. The Morgan fingerprint density at radius 3 is 2.31 bits per heavy atom. The molecular formula is C22H26N6O. The van der Waals surface area contributed by atoms with Gasteiger partial charge in [0.25, 0.3) is 0 Å². The summed E-state index contributed by atoms with van der Waals surface area (Å²) in [6, 6.07) is 14.3. The van der Waals surface area contributed by atoms with Crippen molar-refractivity contribution in [3.63, 3.8) is 0 Å². The van der Waals surface area contributed by atoms with Crippen LogP contribution in [0.25, 0.3) is 0 Å². The molecule has 0 amide bonds. The van der Waals surface area contributed by atoms with Crippen LogP contribution in [0.4, 0.5) is 23.1 Å². The van der Waals surface area contributed by atoms with E-state index in [-0.39, 0.29) is 0 Å². The number of hydrogen-bond acceptors (Lipinski definition) is 7. The Morgan fingerprint density at radius 2 is 1.59 bits per heavy atom. The molecule has 0 aliphatic carbocycles. The summed E-state index contributed by atoms with van der Waals surface area (Å²) < 4.78 is 5.51. The van der Waals surface area contributed by atoms with E-state index in [9.17, 15) is 0 Å². The van der Waals surface area contributed by atoms with Crippen molar-refractivity contribution in [1.82, 2.24) is 15.2 Å².